The van der Waals surface area contributed by atoms with Gasteiger partial charge in [-0.05, 0) is 12.8 Å². The maximum absolute atomic E-state index is 5.44. The molecule has 1 fully saturated rings. The molecule has 1 atom stereocenters. The summed E-state index contributed by atoms with van der Waals surface area (Å²) in [6, 6.07) is 0. The van der Waals surface area contributed by atoms with Crippen LogP contribution in [-0.4, -0.2) is 16.7 Å². The molecule has 0 aliphatic carbocycles. The highest BCUT2D eigenvalue weighted by molar-refractivity contribution is 4.95. The van der Waals surface area contributed by atoms with Crippen molar-refractivity contribution in [2.75, 3.05) is 6.61 Å². The lowest BCUT2D eigenvalue weighted by Gasteiger charge is -2.00. The Morgan fingerprint density at radius 1 is 1.46 bits per heavy atom. The van der Waals surface area contributed by atoms with E-state index in [0.29, 0.717) is 11.8 Å². The molecule has 0 bridgehead atoms. The highest BCUT2D eigenvalue weighted by Crippen LogP contribution is 2.27. The van der Waals surface area contributed by atoms with Gasteiger partial charge in [-0.25, -0.2) is 0 Å². The molecular weight excluding hydrogens is 168 g/mol. The van der Waals surface area contributed by atoms with Crippen molar-refractivity contribution in [3.63, 3.8) is 0 Å². The smallest absolute Gasteiger partial charge is 0.255 e. The zero-order valence-corrected chi connectivity index (χ0v) is 7.99. The molecule has 1 aromatic rings. The zero-order valence-electron chi connectivity index (χ0n) is 7.99. The maximum atomic E-state index is 5.44. The molecule has 1 aromatic heterocycles. The molecule has 0 radical (unpaired) electrons. The van der Waals surface area contributed by atoms with Crippen LogP contribution in [0.4, 0.5) is 0 Å². The summed E-state index contributed by atoms with van der Waals surface area (Å²) in [5.74, 6) is 1.73. The molecule has 0 aromatic carbocycles. The predicted octanol–water partition coefficient (Wildman–Crippen LogP) is 2.04. The summed E-state index contributed by atoms with van der Waals surface area (Å²) in [4.78, 5) is 4.29. The van der Waals surface area contributed by atoms with Gasteiger partial charge in [-0.1, -0.05) is 19.0 Å². The van der Waals surface area contributed by atoms with Gasteiger partial charge >= 0.3 is 0 Å². The van der Waals surface area contributed by atoms with Crippen LogP contribution in [0.2, 0.25) is 0 Å². The van der Waals surface area contributed by atoms with E-state index in [9.17, 15) is 0 Å². The summed E-state index contributed by atoms with van der Waals surface area (Å²) < 4.78 is 10.6. The summed E-state index contributed by atoms with van der Waals surface area (Å²) in [5, 5.41) is 3.89. The van der Waals surface area contributed by atoms with Gasteiger partial charge in [-0.2, -0.15) is 4.98 Å². The predicted molar refractivity (Wildman–Crippen MR) is 46.3 cm³/mol. The molecular formula is C9H14N2O2. The van der Waals surface area contributed by atoms with Crippen LogP contribution in [-0.2, 0) is 4.74 Å². The fourth-order valence-electron chi connectivity index (χ4n) is 1.38. The minimum Gasteiger partial charge on any atom is -0.368 e. The second-order valence-corrected chi connectivity index (χ2v) is 3.65. The number of nitrogens with zero attached hydrogens (tertiary/aromatic N) is 2. The molecule has 72 valence electrons. The first kappa shape index (κ1) is 8.69. The van der Waals surface area contributed by atoms with Crippen molar-refractivity contribution in [2.45, 2.75) is 38.7 Å². The van der Waals surface area contributed by atoms with E-state index in [0.717, 1.165) is 25.3 Å². The van der Waals surface area contributed by atoms with Crippen molar-refractivity contribution in [3.8, 4) is 0 Å². The number of hydrogen-bond acceptors (Lipinski definition) is 4. The Hall–Kier alpha value is -0.900. The largest absolute Gasteiger partial charge is 0.368 e. The Kier molecular flexibility index (Phi) is 2.31. The van der Waals surface area contributed by atoms with Crippen LogP contribution in [0.15, 0.2) is 4.52 Å². The summed E-state index contributed by atoms with van der Waals surface area (Å²) in [7, 11) is 0. The first-order valence-corrected chi connectivity index (χ1v) is 4.72. The van der Waals surface area contributed by atoms with Crippen LogP contribution in [0.5, 0.6) is 0 Å². The van der Waals surface area contributed by atoms with Crippen molar-refractivity contribution < 1.29 is 9.26 Å². The topological polar surface area (TPSA) is 48.2 Å². The molecule has 4 heteroatoms. The van der Waals surface area contributed by atoms with Crippen LogP contribution in [0.25, 0.3) is 0 Å². The van der Waals surface area contributed by atoms with Crippen molar-refractivity contribution in [1.29, 1.82) is 0 Å². The van der Waals surface area contributed by atoms with Gasteiger partial charge in [0, 0.05) is 12.5 Å². The Morgan fingerprint density at radius 3 is 2.85 bits per heavy atom. The summed E-state index contributed by atoms with van der Waals surface area (Å²) in [5.41, 5.74) is 0. The van der Waals surface area contributed by atoms with Gasteiger partial charge in [-0.15, -0.1) is 0 Å². The van der Waals surface area contributed by atoms with Crippen LogP contribution < -0.4 is 0 Å². The van der Waals surface area contributed by atoms with Crippen molar-refractivity contribution in [1.82, 2.24) is 10.1 Å². The van der Waals surface area contributed by atoms with Crippen molar-refractivity contribution >= 4 is 0 Å². The average Bonchev–Trinajstić information content (AvgIpc) is 2.75. The first-order valence-electron chi connectivity index (χ1n) is 4.72. The Bertz CT molecular complexity index is 277. The van der Waals surface area contributed by atoms with Gasteiger partial charge in [0.2, 0.25) is 0 Å². The minimum atomic E-state index is 0.0417. The van der Waals surface area contributed by atoms with Crippen LogP contribution in [0.3, 0.4) is 0 Å². The van der Waals surface area contributed by atoms with E-state index in [-0.39, 0.29) is 6.10 Å². The number of ether oxygens (including phenoxy) is 1. The molecule has 2 heterocycles. The maximum Gasteiger partial charge on any atom is 0.255 e. The molecule has 0 unspecified atom stereocenters. The van der Waals surface area contributed by atoms with Gasteiger partial charge in [0.15, 0.2) is 5.82 Å². The third-order valence-electron chi connectivity index (χ3n) is 2.18. The highest BCUT2D eigenvalue weighted by atomic mass is 16.5. The lowest BCUT2D eigenvalue weighted by atomic mass is 10.2. The van der Waals surface area contributed by atoms with Crippen LogP contribution in [0.1, 0.15) is 50.4 Å². The van der Waals surface area contributed by atoms with Gasteiger partial charge < -0.3 is 9.26 Å². The Labute approximate surface area is 77.3 Å². The highest BCUT2D eigenvalue weighted by Gasteiger charge is 2.24. The average molecular weight is 182 g/mol. The number of aromatic nitrogens is 2. The fourth-order valence-corrected chi connectivity index (χ4v) is 1.38. The van der Waals surface area contributed by atoms with E-state index < -0.39 is 0 Å². The summed E-state index contributed by atoms with van der Waals surface area (Å²) in [6.07, 6.45) is 2.13. The minimum absolute atomic E-state index is 0.0417. The van der Waals surface area contributed by atoms with Gasteiger partial charge in [0.05, 0.1) is 0 Å². The fraction of sp³-hybridized carbons (Fsp3) is 0.778. The van der Waals surface area contributed by atoms with E-state index in [4.69, 9.17) is 9.26 Å². The molecule has 0 saturated carbocycles. The normalized spacial score (nSPS) is 22.8. The van der Waals surface area contributed by atoms with E-state index in [1.807, 2.05) is 13.8 Å². The Balaban J connectivity index is 2.12. The van der Waals surface area contributed by atoms with Gasteiger partial charge in [0.25, 0.3) is 5.89 Å². The van der Waals surface area contributed by atoms with Crippen LogP contribution >= 0.6 is 0 Å². The van der Waals surface area contributed by atoms with Crippen molar-refractivity contribution in [2.24, 2.45) is 0 Å². The Morgan fingerprint density at radius 2 is 2.31 bits per heavy atom. The third-order valence-corrected chi connectivity index (χ3v) is 2.18. The molecule has 2 rings (SSSR count). The quantitative estimate of drug-likeness (QED) is 0.702. The molecule has 0 spiro atoms. The molecule has 0 N–H and O–H groups in total. The molecule has 1 saturated heterocycles. The lowest BCUT2D eigenvalue weighted by Crippen LogP contribution is -1.97. The summed E-state index contributed by atoms with van der Waals surface area (Å²) in [6.45, 7) is 4.90. The van der Waals surface area contributed by atoms with Crippen LogP contribution in [0, 0.1) is 0 Å². The van der Waals surface area contributed by atoms with E-state index in [2.05, 4.69) is 10.1 Å². The standard InChI is InChI=1S/C9H14N2O2/c1-6(2)8-10-9(13-11-8)7-4-3-5-12-7/h6-7H,3-5H2,1-2H3/t7-/m0/s1. The molecule has 1 aliphatic rings. The first-order chi connectivity index (χ1) is 6.27. The lowest BCUT2D eigenvalue weighted by molar-refractivity contribution is 0.0835. The van der Waals surface area contributed by atoms with E-state index in [1.54, 1.807) is 0 Å². The molecule has 4 nitrogen and oxygen atoms in total. The van der Waals surface area contributed by atoms with Crippen molar-refractivity contribution in [3.05, 3.63) is 11.7 Å². The second kappa shape index (κ2) is 3.46. The van der Waals surface area contributed by atoms with E-state index >= 15 is 0 Å². The third kappa shape index (κ3) is 1.72. The van der Waals surface area contributed by atoms with E-state index in [1.165, 1.54) is 0 Å². The second-order valence-electron chi connectivity index (χ2n) is 3.65. The van der Waals surface area contributed by atoms with Gasteiger partial charge in [0.1, 0.15) is 6.10 Å². The SMILES string of the molecule is CC(C)c1noc([C@@H]2CCCO2)n1. The zero-order chi connectivity index (χ0) is 9.26. The van der Waals surface area contributed by atoms with Gasteiger partial charge in [-0.3, -0.25) is 0 Å². The molecule has 0 amide bonds. The summed E-state index contributed by atoms with van der Waals surface area (Å²) >= 11 is 0. The molecule has 13 heavy (non-hydrogen) atoms. The number of rotatable bonds is 2. The molecule has 1 aliphatic heterocycles. The monoisotopic (exact) mass is 182 g/mol. The number of hydrogen-bond donors (Lipinski definition) is 0.